The molecular formula is C29H28N4O10. The largest absolute Gasteiger partial charge is 0.461 e. The number of tetrazole rings is 1. The second-order valence-electron chi connectivity index (χ2n) is 9.85. The summed E-state index contributed by atoms with van der Waals surface area (Å²) >= 11 is 0. The number of rotatable bonds is 8. The second kappa shape index (κ2) is 12.4. The summed E-state index contributed by atoms with van der Waals surface area (Å²) in [5, 5.41) is 12.7. The third-order valence-electron chi connectivity index (χ3n) is 6.57. The van der Waals surface area contributed by atoms with E-state index in [9.17, 15) is 19.2 Å². The lowest BCUT2D eigenvalue weighted by atomic mass is 9.97. The van der Waals surface area contributed by atoms with Crippen molar-refractivity contribution in [3.63, 3.8) is 0 Å². The molecule has 1 fully saturated rings. The van der Waals surface area contributed by atoms with Crippen molar-refractivity contribution < 1.29 is 42.5 Å². The van der Waals surface area contributed by atoms with Crippen LogP contribution >= 0.6 is 0 Å². The van der Waals surface area contributed by atoms with Gasteiger partial charge in [0.05, 0.1) is 6.54 Å². The molecule has 5 atom stereocenters. The molecular weight excluding hydrogens is 564 g/mol. The first-order valence-corrected chi connectivity index (χ1v) is 13.3. The average molecular weight is 593 g/mol. The Balaban J connectivity index is 1.58. The highest BCUT2D eigenvalue weighted by Crippen LogP contribution is 2.38. The van der Waals surface area contributed by atoms with E-state index in [1.54, 1.807) is 19.1 Å². The smallest absolute Gasteiger partial charge is 0.336 e. The summed E-state index contributed by atoms with van der Waals surface area (Å²) < 4.78 is 35.9. The molecule has 2 aromatic heterocycles. The lowest BCUT2D eigenvalue weighted by molar-refractivity contribution is -0.287. The fraction of sp³-hybridized carbons (Fsp3) is 0.345. The molecule has 3 heterocycles. The van der Waals surface area contributed by atoms with Crippen molar-refractivity contribution in [1.82, 2.24) is 20.2 Å². The van der Waals surface area contributed by atoms with Crippen LogP contribution in [0.1, 0.15) is 43.8 Å². The summed E-state index contributed by atoms with van der Waals surface area (Å²) in [7, 11) is 0. The monoisotopic (exact) mass is 592 g/mol. The van der Waals surface area contributed by atoms with Gasteiger partial charge in [-0.05, 0) is 40.6 Å². The standard InChI is InChI=1S/C29H28N4O10/c1-15-12-23(37)42-22-13-20(10-11-21(15)22)41-29-27(40-18(4)36)25(39-17(3)35)24(38-16(2)34)26(43-29)28-30-31-32-33(28)14-19-8-6-5-7-9-19/h5-13,24-27,29H,14H2,1-4H3/t24-,25-,26-,27+,29+/m0/s1. The highest BCUT2D eigenvalue weighted by atomic mass is 16.7. The molecule has 5 rings (SSSR count). The van der Waals surface area contributed by atoms with Crippen molar-refractivity contribution in [2.24, 2.45) is 0 Å². The van der Waals surface area contributed by atoms with Crippen molar-refractivity contribution in [3.8, 4) is 5.75 Å². The van der Waals surface area contributed by atoms with Gasteiger partial charge in [-0.1, -0.05) is 30.3 Å². The number of benzene rings is 2. The van der Waals surface area contributed by atoms with E-state index in [1.807, 2.05) is 30.3 Å². The highest BCUT2D eigenvalue weighted by Gasteiger charge is 2.55. The molecule has 0 unspecified atom stereocenters. The van der Waals surface area contributed by atoms with Crippen molar-refractivity contribution in [3.05, 3.63) is 82.0 Å². The van der Waals surface area contributed by atoms with Crippen LogP contribution in [0.25, 0.3) is 11.0 Å². The number of hydrogen-bond donors (Lipinski definition) is 0. The van der Waals surface area contributed by atoms with Crippen molar-refractivity contribution in [2.45, 2.75) is 64.9 Å². The van der Waals surface area contributed by atoms with Crippen LogP contribution in [0.3, 0.4) is 0 Å². The van der Waals surface area contributed by atoms with E-state index in [0.29, 0.717) is 10.9 Å². The van der Waals surface area contributed by atoms with Gasteiger partial charge in [-0.25, -0.2) is 9.48 Å². The fourth-order valence-electron chi connectivity index (χ4n) is 4.87. The zero-order chi connectivity index (χ0) is 30.7. The van der Waals surface area contributed by atoms with Crippen molar-refractivity contribution in [2.75, 3.05) is 0 Å². The molecule has 0 spiro atoms. The number of fused-ring (bicyclic) bond motifs is 1. The van der Waals surface area contributed by atoms with E-state index >= 15 is 0 Å². The predicted octanol–water partition coefficient (Wildman–Crippen LogP) is 2.41. The van der Waals surface area contributed by atoms with E-state index in [0.717, 1.165) is 19.4 Å². The quantitative estimate of drug-likeness (QED) is 0.166. The Labute approximate surface area is 244 Å². The molecule has 1 aliphatic rings. The number of esters is 3. The van der Waals surface area contributed by atoms with Crippen LogP contribution in [-0.4, -0.2) is 62.7 Å². The summed E-state index contributed by atoms with van der Waals surface area (Å²) in [5.74, 6) is -1.90. The van der Waals surface area contributed by atoms with Gasteiger partial charge in [-0.15, -0.1) is 5.10 Å². The summed E-state index contributed by atoms with van der Waals surface area (Å²) in [4.78, 5) is 48.7. The minimum Gasteiger partial charge on any atom is -0.461 e. The number of aryl methyl sites for hydroxylation is 1. The average Bonchev–Trinajstić information content (AvgIpc) is 3.39. The van der Waals surface area contributed by atoms with Gasteiger partial charge in [-0.2, -0.15) is 0 Å². The minimum atomic E-state index is -1.43. The number of hydrogen-bond acceptors (Lipinski definition) is 13. The number of carbonyl (C=O) groups excluding carboxylic acids is 3. The van der Waals surface area contributed by atoms with Crippen LogP contribution in [0, 0.1) is 6.92 Å². The first-order valence-electron chi connectivity index (χ1n) is 13.3. The number of nitrogens with zero attached hydrogens (tertiary/aromatic N) is 4. The van der Waals surface area contributed by atoms with Crippen LogP contribution < -0.4 is 10.4 Å². The van der Waals surface area contributed by atoms with Gasteiger partial charge in [0.2, 0.25) is 12.4 Å². The van der Waals surface area contributed by atoms with Crippen LogP contribution in [-0.2, 0) is 39.9 Å². The molecule has 0 amide bonds. The Bertz CT molecular complexity index is 1700. The van der Waals surface area contributed by atoms with Crippen LogP contribution in [0.5, 0.6) is 5.75 Å². The molecule has 1 saturated heterocycles. The van der Waals surface area contributed by atoms with E-state index in [-0.39, 0.29) is 23.7 Å². The third-order valence-corrected chi connectivity index (χ3v) is 6.57. The highest BCUT2D eigenvalue weighted by molar-refractivity contribution is 5.81. The number of ether oxygens (including phenoxy) is 5. The maximum Gasteiger partial charge on any atom is 0.336 e. The van der Waals surface area contributed by atoms with Crippen LogP contribution in [0.15, 0.2) is 63.8 Å². The van der Waals surface area contributed by atoms with Gasteiger partial charge in [0.25, 0.3) is 0 Å². The summed E-state index contributed by atoms with van der Waals surface area (Å²) in [6.45, 7) is 5.48. The molecule has 14 nitrogen and oxygen atoms in total. The van der Waals surface area contributed by atoms with Crippen molar-refractivity contribution >= 4 is 28.9 Å². The molecule has 2 aromatic carbocycles. The van der Waals surface area contributed by atoms with Gasteiger partial charge in [0.1, 0.15) is 11.3 Å². The van der Waals surface area contributed by atoms with E-state index in [2.05, 4.69) is 15.5 Å². The summed E-state index contributed by atoms with van der Waals surface area (Å²) in [6, 6.07) is 15.5. The van der Waals surface area contributed by atoms with Crippen LogP contribution in [0.4, 0.5) is 0 Å². The fourth-order valence-corrected chi connectivity index (χ4v) is 4.87. The molecule has 0 bridgehead atoms. The predicted molar refractivity (Wildman–Crippen MR) is 145 cm³/mol. The maximum atomic E-state index is 12.3. The molecule has 4 aromatic rings. The lowest BCUT2D eigenvalue weighted by Gasteiger charge is -2.43. The summed E-state index contributed by atoms with van der Waals surface area (Å²) in [5.41, 5.74) is 1.28. The zero-order valence-electron chi connectivity index (χ0n) is 23.7. The Morgan fingerprint density at radius 1 is 0.884 bits per heavy atom. The Kier molecular flexibility index (Phi) is 8.48. The molecule has 0 N–H and O–H groups in total. The first kappa shape index (κ1) is 29.4. The Morgan fingerprint density at radius 3 is 2.26 bits per heavy atom. The second-order valence-corrected chi connectivity index (χ2v) is 9.85. The normalized spacial score (nSPS) is 21.6. The first-order chi connectivity index (χ1) is 20.6. The maximum absolute atomic E-state index is 12.3. The minimum absolute atomic E-state index is 0.127. The van der Waals surface area contributed by atoms with Crippen LogP contribution in [0.2, 0.25) is 0 Å². The van der Waals surface area contributed by atoms with E-state index in [1.165, 1.54) is 23.7 Å². The van der Waals surface area contributed by atoms with Gasteiger partial charge in [0, 0.05) is 38.3 Å². The van der Waals surface area contributed by atoms with Gasteiger partial charge in [-0.3, -0.25) is 14.4 Å². The lowest BCUT2D eigenvalue weighted by Crippen LogP contribution is -2.60. The van der Waals surface area contributed by atoms with Gasteiger partial charge >= 0.3 is 23.5 Å². The van der Waals surface area contributed by atoms with Gasteiger partial charge < -0.3 is 28.1 Å². The molecule has 1 aliphatic heterocycles. The zero-order valence-corrected chi connectivity index (χ0v) is 23.7. The van der Waals surface area contributed by atoms with Crippen molar-refractivity contribution in [1.29, 1.82) is 0 Å². The van der Waals surface area contributed by atoms with E-state index < -0.39 is 54.2 Å². The topological polar surface area (TPSA) is 171 Å². The Morgan fingerprint density at radius 2 is 1.56 bits per heavy atom. The number of carbonyl (C=O) groups is 3. The number of aromatic nitrogens is 4. The molecule has 224 valence electrons. The molecule has 0 radical (unpaired) electrons. The third kappa shape index (κ3) is 6.70. The molecule has 14 heteroatoms. The molecule has 0 aliphatic carbocycles. The molecule has 0 saturated carbocycles. The van der Waals surface area contributed by atoms with Gasteiger partial charge in [0.15, 0.2) is 24.1 Å². The Hall–Kier alpha value is -5.11. The molecule has 43 heavy (non-hydrogen) atoms. The van der Waals surface area contributed by atoms with E-state index in [4.69, 9.17) is 28.1 Å². The summed E-state index contributed by atoms with van der Waals surface area (Å²) in [6.07, 6.45) is -6.81. The SMILES string of the molecule is CC(=O)O[C@@H]1[C@@H](OC(C)=O)[C@H](Oc2ccc3c(C)cc(=O)oc3c2)O[C@H](c2nnnn2Cc2ccccc2)[C@H]1OC(C)=O.